The lowest BCUT2D eigenvalue weighted by Crippen LogP contribution is -3.00. The molecule has 114 valence electrons. The van der Waals surface area contributed by atoms with Gasteiger partial charge in [0.25, 0.3) is 0 Å². The maximum absolute atomic E-state index is 10.4. The molecule has 0 saturated heterocycles. The third-order valence-electron chi connectivity index (χ3n) is 3.56. The number of unbranched alkanes of at least 4 members (excludes halogenated alkanes) is 4. The molecule has 20 heavy (non-hydrogen) atoms. The maximum Gasteiger partial charge on any atom is 0.303 e. The Bertz CT molecular complexity index is 379. The predicted octanol–water partition coefficient (Wildman–Crippen LogP) is 1.02. The topological polar surface area (TPSA) is 37.3 Å². The van der Waals surface area contributed by atoms with Crippen molar-refractivity contribution in [1.29, 1.82) is 0 Å². The van der Waals surface area contributed by atoms with Gasteiger partial charge in [-0.3, -0.25) is 4.79 Å². The molecule has 0 aromatic heterocycles. The lowest BCUT2D eigenvalue weighted by Gasteiger charge is -2.17. The molecule has 1 aromatic rings. The number of aliphatic carboxylic acids is 1. The number of hydrogen-bond donors (Lipinski definition) is 1. The van der Waals surface area contributed by atoms with Crippen LogP contribution in [0, 0.1) is 0 Å². The summed E-state index contributed by atoms with van der Waals surface area (Å²) in [5.41, 5.74) is 0. The van der Waals surface area contributed by atoms with Crippen molar-refractivity contribution in [3.63, 3.8) is 0 Å². The summed E-state index contributed by atoms with van der Waals surface area (Å²) in [6, 6.07) is 10.8. The van der Waals surface area contributed by atoms with Gasteiger partial charge in [-0.25, -0.2) is 0 Å². The van der Waals surface area contributed by atoms with E-state index in [4.69, 9.17) is 5.11 Å². The van der Waals surface area contributed by atoms with Gasteiger partial charge in [0, 0.05) is 13.7 Å². The standard InChI is InChI=1S/C16H25O2P.BrH/c1-19(2,15-11-7-6-8-12-15)14-10-5-3-4-9-13-16(17)18;/h6-8,11-12H,3-5,9-10,13-14H2,1-2H3;1H. The summed E-state index contributed by atoms with van der Waals surface area (Å²) in [6.07, 6.45) is 7.17. The normalized spacial score (nSPS) is 10.9. The zero-order chi connectivity index (χ0) is 14.1. The van der Waals surface area contributed by atoms with Crippen LogP contribution in [0.15, 0.2) is 30.3 Å². The van der Waals surface area contributed by atoms with Crippen LogP contribution in [0.2, 0.25) is 0 Å². The van der Waals surface area contributed by atoms with Gasteiger partial charge in [-0.1, -0.05) is 31.0 Å². The molecule has 1 rings (SSSR count). The molecule has 0 spiro atoms. The molecule has 0 unspecified atom stereocenters. The van der Waals surface area contributed by atoms with Crippen LogP contribution in [0.3, 0.4) is 0 Å². The molecule has 0 radical (unpaired) electrons. The summed E-state index contributed by atoms with van der Waals surface area (Å²) in [6.45, 7) is 4.82. The van der Waals surface area contributed by atoms with E-state index in [1.54, 1.807) is 0 Å². The van der Waals surface area contributed by atoms with Gasteiger partial charge in [0.15, 0.2) is 0 Å². The van der Waals surface area contributed by atoms with E-state index in [0.717, 1.165) is 12.8 Å². The quantitative estimate of drug-likeness (QED) is 0.527. The summed E-state index contributed by atoms with van der Waals surface area (Å²) in [5.74, 6) is -0.670. The van der Waals surface area contributed by atoms with Crippen molar-refractivity contribution in [3.8, 4) is 0 Å². The number of carboxylic acid groups (broad SMARTS) is 1. The monoisotopic (exact) mass is 360 g/mol. The Balaban J connectivity index is 0.00000361. The molecule has 0 aliphatic carbocycles. The van der Waals surface area contributed by atoms with E-state index in [1.807, 2.05) is 0 Å². The molecule has 0 atom stereocenters. The van der Waals surface area contributed by atoms with Gasteiger partial charge in [-0.15, -0.1) is 0 Å². The van der Waals surface area contributed by atoms with Crippen LogP contribution in [0.25, 0.3) is 0 Å². The van der Waals surface area contributed by atoms with Crippen LogP contribution < -0.4 is 22.3 Å². The minimum atomic E-state index is -0.960. The maximum atomic E-state index is 10.4. The second-order valence-corrected chi connectivity index (χ2v) is 9.99. The van der Waals surface area contributed by atoms with Gasteiger partial charge in [0.05, 0.1) is 24.8 Å². The first-order chi connectivity index (χ1) is 9.02. The van der Waals surface area contributed by atoms with Gasteiger partial charge in [0.2, 0.25) is 0 Å². The van der Waals surface area contributed by atoms with Crippen LogP contribution in [-0.2, 0) is 4.79 Å². The van der Waals surface area contributed by atoms with Crippen LogP contribution in [0.1, 0.15) is 38.5 Å². The van der Waals surface area contributed by atoms with E-state index >= 15 is 0 Å². The molecular formula is C16H26BrO2P. The Morgan fingerprint density at radius 1 is 1.00 bits per heavy atom. The average molecular weight is 361 g/mol. The number of hydrogen-bond acceptors (Lipinski definition) is 1. The zero-order valence-corrected chi connectivity index (χ0v) is 15.0. The van der Waals surface area contributed by atoms with E-state index in [2.05, 4.69) is 43.7 Å². The first-order valence-electron chi connectivity index (χ1n) is 7.13. The Morgan fingerprint density at radius 3 is 2.15 bits per heavy atom. The Morgan fingerprint density at radius 2 is 1.55 bits per heavy atom. The number of carboxylic acids is 1. The fourth-order valence-corrected chi connectivity index (χ4v) is 4.53. The van der Waals surface area contributed by atoms with Crippen LogP contribution >= 0.6 is 7.26 Å². The van der Waals surface area contributed by atoms with Gasteiger partial charge in [0.1, 0.15) is 0 Å². The van der Waals surface area contributed by atoms with E-state index < -0.39 is 13.2 Å². The van der Waals surface area contributed by atoms with Crippen molar-refractivity contribution in [2.24, 2.45) is 0 Å². The van der Waals surface area contributed by atoms with Gasteiger partial charge in [-0.2, -0.15) is 0 Å². The molecule has 0 amide bonds. The lowest BCUT2D eigenvalue weighted by atomic mass is 10.1. The van der Waals surface area contributed by atoms with Gasteiger partial charge < -0.3 is 22.1 Å². The first kappa shape index (κ1) is 19.6. The van der Waals surface area contributed by atoms with Crippen LogP contribution in [0.4, 0.5) is 0 Å². The zero-order valence-electron chi connectivity index (χ0n) is 12.5. The first-order valence-corrected chi connectivity index (χ1v) is 9.99. The molecule has 0 bridgehead atoms. The molecule has 4 heteroatoms. The largest absolute Gasteiger partial charge is 1.00 e. The smallest absolute Gasteiger partial charge is 0.303 e. The second-order valence-electron chi connectivity index (χ2n) is 5.66. The minimum absolute atomic E-state index is 0. The fourth-order valence-electron chi connectivity index (χ4n) is 2.27. The average Bonchev–Trinajstić information content (AvgIpc) is 2.38. The predicted molar refractivity (Wildman–Crippen MR) is 85.0 cm³/mol. The fraction of sp³-hybridized carbons (Fsp3) is 0.562. The third kappa shape index (κ3) is 8.01. The van der Waals surface area contributed by atoms with Crippen molar-refractivity contribution in [2.75, 3.05) is 19.5 Å². The molecule has 0 aliphatic heterocycles. The highest BCUT2D eigenvalue weighted by Gasteiger charge is 2.26. The third-order valence-corrected chi connectivity index (χ3v) is 6.69. The molecule has 1 N–H and O–H groups in total. The highest BCUT2D eigenvalue weighted by Crippen LogP contribution is 2.50. The molecular weight excluding hydrogens is 335 g/mol. The lowest BCUT2D eigenvalue weighted by molar-refractivity contribution is -0.137. The SMILES string of the molecule is C[P+](C)(CCCCCCCC(=O)O)c1ccccc1.[Br-]. The summed E-state index contributed by atoms with van der Waals surface area (Å²) in [4.78, 5) is 10.4. The molecule has 0 aliphatic rings. The molecule has 0 heterocycles. The van der Waals surface area contributed by atoms with Crippen molar-refractivity contribution in [3.05, 3.63) is 30.3 Å². The van der Waals surface area contributed by atoms with E-state index in [0.29, 0.717) is 6.42 Å². The van der Waals surface area contributed by atoms with Gasteiger partial charge >= 0.3 is 5.97 Å². The molecule has 2 nitrogen and oxygen atoms in total. The van der Waals surface area contributed by atoms with Crippen LogP contribution in [-0.4, -0.2) is 30.6 Å². The van der Waals surface area contributed by atoms with Crippen molar-refractivity contribution in [2.45, 2.75) is 38.5 Å². The minimum Gasteiger partial charge on any atom is -1.00 e. The summed E-state index contributed by atoms with van der Waals surface area (Å²) < 4.78 is 0. The Labute approximate surface area is 134 Å². The van der Waals surface area contributed by atoms with Gasteiger partial charge in [-0.05, 0) is 31.4 Å². The van der Waals surface area contributed by atoms with E-state index in [-0.39, 0.29) is 17.0 Å². The molecule has 0 saturated carbocycles. The second kappa shape index (κ2) is 10.3. The van der Waals surface area contributed by atoms with E-state index in [9.17, 15) is 4.79 Å². The Kier molecular flexibility index (Phi) is 10.1. The summed E-state index contributed by atoms with van der Waals surface area (Å²) in [5, 5.41) is 10.1. The van der Waals surface area contributed by atoms with Crippen molar-refractivity contribution >= 4 is 18.5 Å². The summed E-state index contributed by atoms with van der Waals surface area (Å²) in [7, 11) is -0.960. The van der Waals surface area contributed by atoms with Crippen LogP contribution in [0.5, 0.6) is 0 Å². The summed E-state index contributed by atoms with van der Waals surface area (Å²) >= 11 is 0. The number of halogens is 1. The highest BCUT2D eigenvalue weighted by molar-refractivity contribution is 7.81. The van der Waals surface area contributed by atoms with Crippen molar-refractivity contribution in [1.82, 2.24) is 0 Å². The molecule has 0 fully saturated rings. The number of rotatable bonds is 9. The van der Waals surface area contributed by atoms with Crippen molar-refractivity contribution < 1.29 is 26.9 Å². The Hall–Kier alpha value is -0.400. The molecule has 1 aromatic carbocycles. The number of benzene rings is 1. The number of carbonyl (C=O) groups is 1. The van der Waals surface area contributed by atoms with E-state index in [1.165, 1.54) is 30.7 Å². The highest BCUT2D eigenvalue weighted by atomic mass is 79.9.